The number of nitrogens with one attached hydrogen (secondary N) is 1. The quantitative estimate of drug-likeness (QED) is 0.810. The van der Waals surface area contributed by atoms with Crippen molar-refractivity contribution in [2.24, 2.45) is 11.8 Å². The minimum Gasteiger partial charge on any atom is -0.384 e. The molecule has 5 rings (SSSR count). The van der Waals surface area contributed by atoms with Crippen molar-refractivity contribution in [2.45, 2.75) is 31.5 Å². The van der Waals surface area contributed by atoms with Crippen LogP contribution in [0.25, 0.3) is 0 Å². The van der Waals surface area contributed by atoms with Crippen molar-refractivity contribution in [3.63, 3.8) is 0 Å². The highest BCUT2D eigenvalue weighted by atomic mass is 16.5. The van der Waals surface area contributed by atoms with Gasteiger partial charge in [-0.3, -0.25) is 4.79 Å². The summed E-state index contributed by atoms with van der Waals surface area (Å²) in [5, 5.41) is 6.78. The van der Waals surface area contributed by atoms with E-state index in [9.17, 15) is 4.79 Å². The van der Waals surface area contributed by atoms with Gasteiger partial charge in [0, 0.05) is 37.2 Å². The molecule has 0 aromatic carbocycles. The third kappa shape index (κ3) is 2.64. The number of rotatable bonds is 4. The number of fused-ring (bicyclic) bond motifs is 1. The van der Waals surface area contributed by atoms with E-state index in [-0.39, 0.29) is 23.5 Å². The van der Waals surface area contributed by atoms with E-state index in [1.165, 1.54) is 0 Å². The molecule has 2 aromatic rings. The molecule has 0 unspecified atom stereocenters. The van der Waals surface area contributed by atoms with Crippen LogP contribution >= 0.6 is 0 Å². The van der Waals surface area contributed by atoms with Crippen molar-refractivity contribution in [1.82, 2.24) is 20.4 Å². The zero-order valence-electron chi connectivity index (χ0n) is 15.1. The minimum atomic E-state index is -0.210. The van der Waals surface area contributed by atoms with E-state index < -0.39 is 0 Å². The number of amides is 1. The standard InChI is InChI=1S/C18H22N6O3/c1-10-6-13(23-27-10)16(25)21-7-11-12-8-24(17-20-5-3-15(19)22-17)9-18(12)4-2-14(11)26-18/h3,5-6,11-12,14H,2,4,7-9H2,1H3,(H,21,25)(H2,19,20,22)/t11-,12+,14+,18+/m0/s1. The normalized spacial score (nSPS) is 31.3. The van der Waals surface area contributed by atoms with Crippen molar-refractivity contribution in [2.75, 3.05) is 30.3 Å². The van der Waals surface area contributed by atoms with E-state index in [4.69, 9.17) is 15.0 Å². The van der Waals surface area contributed by atoms with Gasteiger partial charge in [-0.1, -0.05) is 5.16 Å². The van der Waals surface area contributed by atoms with Gasteiger partial charge in [-0.25, -0.2) is 4.98 Å². The number of nitrogen functional groups attached to an aromatic ring is 1. The Balaban J connectivity index is 1.30. The number of carbonyl (C=O) groups excluding carboxylic acids is 1. The van der Waals surface area contributed by atoms with Crippen LogP contribution < -0.4 is 16.0 Å². The second kappa shape index (κ2) is 5.91. The smallest absolute Gasteiger partial charge is 0.273 e. The number of nitrogens with two attached hydrogens (primary N) is 1. The number of anilines is 2. The fourth-order valence-corrected chi connectivity index (χ4v) is 4.90. The van der Waals surface area contributed by atoms with Crippen LogP contribution in [0.4, 0.5) is 11.8 Å². The Kier molecular flexibility index (Phi) is 3.61. The first-order valence-corrected chi connectivity index (χ1v) is 9.27. The van der Waals surface area contributed by atoms with Gasteiger partial charge in [0.15, 0.2) is 5.69 Å². The molecule has 0 aliphatic carbocycles. The van der Waals surface area contributed by atoms with E-state index in [1.807, 2.05) is 0 Å². The summed E-state index contributed by atoms with van der Waals surface area (Å²) in [6.45, 7) is 3.91. The number of hydrogen-bond acceptors (Lipinski definition) is 8. The second-order valence-corrected chi connectivity index (χ2v) is 7.72. The fourth-order valence-electron chi connectivity index (χ4n) is 4.90. The summed E-state index contributed by atoms with van der Waals surface area (Å²) in [5.41, 5.74) is 5.96. The molecule has 4 atom stereocenters. The molecule has 3 N–H and O–H groups in total. The van der Waals surface area contributed by atoms with E-state index in [1.54, 1.807) is 25.3 Å². The minimum absolute atomic E-state index is 0.168. The average Bonchev–Trinajstić information content (AvgIpc) is 3.39. The van der Waals surface area contributed by atoms with Crippen LogP contribution in [0, 0.1) is 18.8 Å². The summed E-state index contributed by atoms with van der Waals surface area (Å²) in [6.07, 6.45) is 3.93. The number of aromatic nitrogens is 3. The van der Waals surface area contributed by atoms with Gasteiger partial charge in [0.05, 0.1) is 18.2 Å². The Morgan fingerprint density at radius 3 is 3.19 bits per heavy atom. The Bertz CT molecular complexity index is 885. The Morgan fingerprint density at radius 1 is 1.52 bits per heavy atom. The summed E-state index contributed by atoms with van der Waals surface area (Å²) in [5.74, 6) is 2.12. The van der Waals surface area contributed by atoms with Gasteiger partial charge in [0.25, 0.3) is 5.91 Å². The second-order valence-electron chi connectivity index (χ2n) is 7.72. The highest BCUT2D eigenvalue weighted by Gasteiger charge is 2.63. The zero-order chi connectivity index (χ0) is 18.6. The van der Waals surface area contributed by atoms with Crippen LogP contribution in [0.15, 0.2) is 22.9 Å². The molecule has 0 saturated carbocycles. The maximum atomic E-state index is 12.3. The molecule has 9 nitrogen and oxygen atoms in total. The first kappa shape index (κ1) is 16.5. The van der Waals surface area contributed by atoms with Crippen molar-refractivity contribution in [1.29, 1.82) is 0 Å². The summed E-state index contributed by atoms with van der Waals surface area (Å²) < 4.78 is 11.4. The summed E-state index contributed by atoms with van der Waals surface area (Å²) in [6, 6.07) is 3.33. The van der Waals surface area contributed by atoms with Crippen LogP contribution in [0.5, 0.6) is 0 Å². The number of aryl methyl sites for hydroxylation is 1. The van der Waals surface area contributed by atoms with Crippen LogP contribution in [0.2, 0.25) is 0 Å². The van der Waals surface area contributed by atoms with Crippen molar-refractivity contribution in [3.8, 4) is 0 Å². The molecule has 3 fully saturated rings. The van der Waals surface area contributed by atoms with Crippen molar-refractivity contribution >= 4 is 17.7 Å². The molecule has 27 heavy (non-hydrogen) atoms. The molecule has 0 radical (unpaired) electrons. The highest BCUT2D eigenvalue weighted by molar-refractivity contribution is 5.92. The van der Waals surface area contributed by atoms with Gasteiger partial charge in [-0.05, 0) is 25.8 Å². The molecule has 142 valence electrons. The third-order valence-electron chi connectivity index (χ3n) is 6.09. The van der Waals surface area contributed by atoms with Gasteiger partial charge < -0.3 is 25.2 Å². The lowest BCUT2D eigenvalue weighted by molar-refractivity contribution is 0.0141. The van der Waals surface area contributed by atoms with Gasteiger partial charge in [-0.15, -0.1) is 0 Å². The van der Waals surface area contributed by atoms with E-state index in [2.05, 4.69) is 25.3 Å². The molecular weight excluding hydrogens is 348 g/mol. The van der Waals surface area contributed by atoms with Crippen LogP contribution in [-0.4, -0.2) is 52.4 Å². The molecule has 9 heteroatoms. The number of hydrogen-bond donors (Lipinski definition) is 2. The molecule has 2 bridgehead atoms. The Labute approximate surface area is 156 Å². The van der Waals surface area contributed by atoms with E-state index in [0.29, 0.717) is 35.7 Å². The first-order valence-electron chi connectivity index (χ1n) is 9.27. The van der Waals surface area contributed by atoms with Crippen molar-refractivity contribution in [3.05, 3.63) is 29.8 Å². The molecule has 3 aliphatic rings. The monoisotopic (exact) mass is 370 g/mol. The lowest BCUT2D eigenvalue weighted by atomic mass is 9.73. The molecule has 3 aliphatic heterocycles. The lowest BCUT2D eigenvalue weighted by Crippen LogP contribution is -2.42. The topological polar surface area (TPSA) is 119 Å². The maximum absolute atomic E-state index is 12.3. The average molecular weight is 370 g/mol. The van der Waals surface area contributed by atoms with Crippen molar-refractivity contribution < 1.29 is 14.1 Å². The van der Waals surface area contributed by atoms with Gasteiger partial charge >= 0.3 is 0 Å². The van der Waals surface area contributed by atoms with Gasteiger partial charge in [0.2, 0.25) is 5.95 Å². The van der Waals surface area contributed by atoms with Crippen LogP contribution in [-0.2, 0) is 4.74 Å². The van der Waals surface area contributed by atoms with Gasteiger partial charge in [0.1, 0.15) is 11.6 Å². The largest absolute Gasteiger partial charge is 0.384 e. The van der Waals surface area contributed by atoms with E-state index >= 15 is 0 Å². The fraction of sp³-hybridized carbons (Fsp3) is 0.556. The summed E-state index contributed by atoms with van der Waals surface area (Å²) in [4.78, 5) is 23.2. The molecule has 1 spiro atoms. The highest BCUT2D eigenvalue weighted by Crippen LogP contribution is 2.54. The Morgan fingerprint density at radius 2 is 2.41 bits per heavy atom. The van der Waals surface area contributed by atoms with Crippen LogP contribution in [0.3, 0.4) is 0 Å². The molecule has 3 saturated heterocycles. The van der Waals surface area contributed by atoms with Crippen LogP contribution in [0.1, 0.15) is 29.1 Å². The molecule has 5 heterocycles. The SMILES string of the molecule is Cc1cc(C(=O)NC[C@H]2[C@H]3CN(c4nccc(N)n4)C[C@]34CC[C@H]2O4)no1. The maximum Gasteiger partial charge on any atom is 0.273 e. The summed E-state index contributed by atoms with van der Waals surface area (Å²) >= 11 is 0. The predicted molar refractivity (Wildman–Crippen MR) is 96.0 cm³/mol. The zero-order valence-corrected chi connectivity index (χ0v) is 15.1. The predicted octanol–water partition coefficient (Wildman–Crippen LogP) is 0.769. The summed E-state index contributed by atoms with van der Waals surface area (Å²) in [7, 11) is 0. The van der Waals surface area contributed by atoms with E-state index in [0.717, 1.165) is 25.9 Å². The van der Waals surface area contributed by atoms with Gasteiger partial charge in [-0.2, -0.15) is 4.98 Å². The molecular formula is C18H22N6O3. The lowest BCUT2D eigenvalue weighted by Gasteiger charge is -2.29. The Hall–Kier alpha value is -2.68. The third-order valence-corrected chi connectivity index (χ3v) is 6.09. The number of carbonyl (C=O) groups is 1. The first-order chi connectivity index (χ1) is 13.0. The molecule has 1 amide bonds. The number of ether oxygens (including phenoxy) is 1. The number of nitrogens with zero attached hydrogens (tertiary/aromatic N) is 4. The molecule has 2 aromatic heterocycles.